The predicted octanol–water partition coefficient (Wildman–Crippen LogP) is 1.10. The molecule has 0 spiro atoms. The van der Waals surface area contributed by atoms with Gasteiger partial charge >= 0.3 is 0 Å². The van der Waals surface area contributed by atoms with Gasteiger partial charge in [0.25, 0.3) is 0 Å². The molecular weight excluding hydrogens is 138 g/mol. The average molecular weight is 157 g/mol. The first-order valence-corrected chi connectivity index (χ1v) is 4.51. The van der Waals surface area contributed by atoms with Crippen LogP contribution in [0.1, 0.15) is 25.7 Å². The summed E-state index contributed by atoms with van der Waals surface area (Å²) >= 11 is 0. The summed E-state index contributed by atoms with van der Waals surface area (Å²) in [6, 6.07) is 0. The van der Waals surface area contributed by atoms with Crippen molar-refractivity contribution in [2.45, 2.75) is 31.8 Å². The molecule has 0 saturated heterocycles. The molecule has 2 atom stereocenters. The van der Waals surface area contributed by atoms with Crippen LogP contribution in [0.4, 0.5) is 0 Å². The zero-order chi connectivity index (χ0) is 8.27. The first-order chi connectivity index (χ1) is 5.18. The molecule has 0 bridgehead atoms. The maximum atomic E-state index is 9.25. The molecule has 0 aromatic rings. The van der Waals surface area contributed by atoms with E-state index in [1.807, 2.05) is 0 Å². The standard InChI is InChI=1S/C9H19NO/c1-10(2)6-5-8-3-4-9(11)7-8/h8-9,11H,3-7H2,1-2H3/t8-,9-/m0/s1. The number of nitrogens with zero attached hydrogens (tertiary/aromatic N) is 1. The second-order valence-electron chi connectivity index (χ2n) is 3.92. The predicted molar refractivity (Wildman–Crippen MR) is 46.5 cm³/mol. The van der Waals surface area contributed by atoms with Gasteiger partial charge in [-0.3, -0.25) is 0 Å². The summed E-state index contributed by atoms with van der Waals surface area (Å²) in [4.78, 5) is 2.21. The van der Waals surface area contributed by atoms with Crippen molar-refractivity contribution in [3.63, 3.8) is 0 Å². The van der Waals surface area contributed by atoms with Crippen molar-refractivity contribution in [1.29, 1.82) is 0 Å². The fourth-order valence-electron chi connectivity index (χ4n) is 1.75. The molecule has 0 heterocycles. The second kappa shape index (κ2) is 4.07. The highest BCUT2D eigenvalue weighted by Gasteiger charge is 2.21. The largest absolute Gasteiger partial charge is 0.393 e. The summed E-state index contributed by atoms with van der Waals surface area (Å²) in [5.74, 6) is 0.785. The third-order valence-corrected chi connectivity index (χ3v) is 2.50. The lowest BCUT2D eigenvalue weighted by Gasteiger charge is -2.13. The van der Waals surface area contributed by atoms with E-state index in [-0.39, 0.29) is 6.10 Å². The van der Waals surface area contributed by atoms with Crippen molar-refractivity contribution >= 4 is 0 Å². The molecule has 0 radical (unpaired) electrons. The van der Waals surface area contributed by atoms with Gasteiger partial charge in [0.2, 0.25) is 0 Å². The van der Waals surface area contributed by atoms with Gasteiger partial charge in [-0.05, 0) is 52.2 Å². The van der Waals surface area contributed by atoms with Crippen LogP contribution in [0.15, 0.2) is 0 Å². The summed E-state index contributed by atoms with van der Waals surface area (Å²) in [5, 5.41) is 9.25. The minimum absolute atomic E-state index is 0.00200. The van der Waals surface area contributed by atoms with Crippen LogP contribution in [0.3, 0.4) is 0 Å². The molecule has 0 amide bonds. The maximum Gasteiger partial charge on any atom is 0.0543 e. The molecular formula is C9H19NO. The minimum Gasteiger partial charge on any atom is -0.393 e. The molecule has 1 aliphatic rings. The van der Waals surface area contributed by atoms with Gasteiger partial charge in [0.05, 0.1) is 6.10 Å². The third-order valence-electron chi connectivity index (χ3n) is 2.50. The topological polar surface area (TPSA) is 23.5 Å². The second-order valence-corrected chi connectivity index (χ2v) is 3.92. The van der Waals surface area contributed by atoms with Crippen LogP contribution in [-0.2, 0) is 0 Å². The summed E-state index contributed by atoms with van der Waals surface area (Å²) in [6.45, 7) is 1.16. The van der Waals surface area contributed by atoms with Gasteiger partial charge in [-0.1, -0.05) is 0 Å². The van der Waals surface area contributed by atoms with E-state index >= 15 is 0 Å². The molecule has 11 heavy (non-hydrogen) atoms. The normalized spacial score (nSPS) is 31.6. The van der Waals surface area contributed by atoms with Gasteiger partial charge in [0, 0.05) is 0 Å². The monoisotopic (exact) mass is 157 g/mol. The minimum atomic E-state index is 0.00200. The van der Waals surface area contributed by atoms with Crippen LogP contribution in [0.25, 0.3) is 0 Å². The first kappa shape index (κ1) is 9.01. The zero-order valence-corrected chi connectivity index (χ0v) is 7.58. The molecule has 1 rings (SSSR count). The highest BCUT2D eigenvalue weighted by molar-refractivity contribution is 4.74. The molecule has 1 aliphatic carbocycles. The Morgan fingerprint density at radius 2 is 2.09 bits per heavy atom. The fraction of sp³-hybridized carbons (Fsp3) is 1.00. The Bertz CT molecular complexity index is 114. The highest BCUT2D eigenvalue weighted by Crippen LogP contribution is 2.27. The van der Waals surface area contributed by atoms with Gasteiger partial charge in [-0.25, -0.2) is 0 Å². The van der Waals surface area contributed by atoms with Crippen LogP contribution in [-0.4, -0.2) is 36.8 Å². The van der Waals surface area contributed by atoms with Crippen molar-refractivity contribution in [2.24, 2.45) is 5.92 Å². The molecule has 0 aromatic heterocycles. The average Bonchev–Trinajstić information content (AvgIpc) is 2.31. The molecule has 66 valence electrons. The molecule has 0 aliphatic heterocycles. The van der Waals surface area contributed by atoms with E-state index in [4.69, 9.17) is 0 Å². The van der Waals surface area contributed by atoms with Crippen LogP contribution in [0.2, 0.25) is 0 Å². The highest BCUT2D eigenvalue weighted by atomic mass is 16.3. The third kappa shape index (κ3) is 3.21. The SMILES string of the molecule is CN(C)CC[C@@H]1CC[C@H](O)C1. The van der Waals surface area contributed by atoms with Crippen LogP contribution in [0, 0.1) is 5.92 Å². The number of hydrogen-bond donors (Lipinski definition) is 1. The molecule has 1 N–H and O–H groups in total. The molecule has 2 heteroatoms. The Balaban J connectivity index is 2.08. The zero-order valence-electron chi connectivity index (χ0n) is 7.58. The fourth-order valence-corrected chi connectivity index (χ4v) is 1.75. The van der Waals surface area contributed by atoms with Crippen molar-refractivity contribution in [1.82, 2.24) is 4.90 Å². The lowest BCUT2D eigenvalue weighted by molar-refractivity contribution is 0.175. The van der Waals surface area contributed by atoms with E-state index < -0.39 is 0 Å². The van der Waals surface area contributed by atoms with Gasteiger partial charge in [-0.2, -0.15) is 0 Å². The van der Waals surface area contributed by atoms with Crippen LogP contribution in [0.5, 0.6) is 0 Å². The Kier molecular flexibility index (Phi) is 3.34. The summed E-state index contributed by atoms with van der Waals surface area (Å²) in [5.41, 5.74) is 0. The Hall–Kier alpha value is -0.0800. The van der Waals surface area contributed by atoms with Crippen molar-refractivity contribution in [3.8, 4) is 0 Å². The smallest absolute Gasteiger partial charge is 0.0543 e. The maximum absolute atomic E-state index is 9.25. The quantitative estimate of drug-likeness (QED) is 0.663. The molecule has 2 nitrogen and oxygen atoms in total. The van der Waals surface area contributed by atoms with Crippen molar-refractivity contribution < 1.29 is 5.11 Å². The van der Waals surface area contributed by atoms with E-state index in [1.54, 1.807) is 0 Å². The van der Waals surface area contributed by atoms with E-state index in [9.17, 15) is 5.11 Å². The molecule has 0 aromatic carbocycles. The Morgan fingerprint density at radius 3 is 2.55 bits per heavy atom. The number of aliphatic hydroxyl groups excluding tert-OH is 1. The lowest BCUT2D eigenvalue weighted by atomic mass is 10.0. The Labute approximate surface area is 69.2 Å². The molecule has 1 fully saturated rings. The van der Waals surface area contributed by atoms with E-state index in [1.165, 1.54) is 12.8 Å². The first-order valence-electron chi connectivity index (χ1n) is 4.51. The molecule has 0 unspecified atom stereocenters. The van der Waals surface area contributed by atoms with E-state index in [0.29, 0.717) is 0 Å². The van der Waals surface area contributed by atoms with Gasteiger partial charge in [-0.15, -0.1) is 0 Å². The molecule has 1 saturated carbocycles. The summed E-state index contributed by atoms with van der Waals surface area (Å²) in [7, 11) is 4.21. The van der Waals surface area contributed by atoms with Crippen LogP contribution < -0.4 is 0 Å². The van der Waals surface area contributed by atoms with E-state index in [0.717, 1.165) is 25.3 Å². The summed E-state index contributed by atoms with van der Waals surface area (Å²) in [6.07, 6.45) is 4.55. The van der Waals surface area contributed by atoms with Crippen molar-refractivity contribution in [2.75, 3.05) is 20.6 Å². The van der Waals surface area contributed by atoms with Gasteiger partial charge in [0.1, 0.15) is 0 Å². The summed E-state index contributed by atoms with van der Waals surface area (Å²) < 4.78 is 0. The lowest BCUT2D eigenvalue weighted by Crippen LogP contribution is -2.15. The number of aliphatic hydroxyl groups is 1. The van der Waals surface area contributed by atoms with Gasteiger partial charge < -0.3 is 10.0 Å². The number of rotatable bonds is 3. The van der Waals surface area contributed by atoms with Crippen molar-refractivity contribution in [3.05, 3.63) is 0 Å². The van der Waals surface area contributed by atoms with E-state index in [2.05, 4.69) is 19.0 Å². The number of hydrogen-bond acceptors (Lipinski definition) is 2. The van der Waals surface area contributed by atoms with Crippen LogP contribution >= 0.6 is 0 Å². The Morgan fingerprint density at radius 1 is 1.36 bits per heavy atom. The van der Waals surface area contributed by atoms with Gasteiger partial charge in [0.15, 0.2) is 0 Å².